The van der Waals surface area contributed by atoms with Crippen LogP contribution in [0.5, 0.6) is 0 Å². The normalized spacial score (nSPS) is 11.8. The highest BCUT2D eigenvalue weighted by Gasteiger charge is 2.30. The summed E-state index contributed by atoms with van der Waals surface area (Å²) in [5.41, 5.74) is -0.453. The first-order valence-electron chi connectivity index (χ1n) is 6.82. The molecule has 1 amide bonds. The van der Waals surface area contributed by atoms with Crippen molar-refractivity contribution in [2.75, 3.05) is 20.8 Å². The summed E-state index contributed by atoms with van der Waals surface area (Å²) in [5, 5.41) is 2.53. The molecule has 2 aromatic rings. The fourth-order valence-corrected chi connectivity index (χ4v) is 1.84. The largest absolute Gasteiger partial charge is 0.444 e. The molecule has 0 unspecified atom stereocenters. The Hall–Kier alpha value is -2.39. The van der Waals surface area contributed by atoms with Crippen LogP contribution in [0.1, 0.15) is 16.1 Å². The summed E-state index contributed by atoms with van der Waals surface area (Å²) in [6.07, 6.45) is -3.90. The van der Waals surface area contributed by atoms with Gasteiger partial charge < -0.3 is 19.2 Å². The molecule has 0 saturated carbocycles. The lowest BCUT2D eigenvalue weighted by Crippen LogP contribution is -2.34. The molecule has 6 nitrogen and oxygen atoms in total. The molecule has 130 valence electrons. The van der Waals surface area contributed by atoms with Gasteiger partial charge in [-0.3, -0.25) is 4.79 Å². The Labute approximate surface area is 135 Å². The van der Waals surface area contributed by atoms with Crippen LogP contribution in [0.15, 0.2) is 34.9 Å². The molecule has 1 aromatic heterocycles. The molecule has 9 heteroatoms. The summed E-state index contributed by atoms with van der Waals surface area (Å²) >= 11 is 0. The van der Waals surface area contributed by atoms with Crippen LogP contribution in [0, 0.1) is 0 Å². The van der Waals surface area contributed by atoms with Gasteiger partial charge in [0.25, 0.3) is 5.91 Å². The fourth-order valence-electron chi connectivity index (χ4n) is 1.84. The zero-order valence-corrected chi connectivity index (χ0v) is 12.9. The van der Waals surface area contributed by atoms with Gasteiger partial charge in [-0.15, -0.1) is 0 Å². The number of hydrogen-bond acceptors (Lipinski definition) is 5. The second-order valence-corrected chi connectivity index (χ2v) is 4.72. The summed E-state index contributed by atoms with van der Waals surface area (Å²) in [7, 11) is 2.86. The van der Waals surface area contributed by atoms with Gasteiger partial charge in [-0.1, -0.05) is 0 Å². The van der Waals surface area contributed by atoms with Crippen molar-refractivity contribution in [2.24, 2.45) is 0 Å². The maximum absolute atomic E-state index is 12.5. The Morgan fingerprint density at radius 3 is 2.42 bits per heavy atom. The van der Waals surface area contributed by atoms with Gasteiger partial charge in [-0.25, -0.2) is 4.98 Å². The third-order valence-electron chi connectivity index (χ3n) is 3.15. The van der Waals surface area contributed by atoms with Crippen molar-refractivity contribution in [1.29, 1.82) is 0 Å². The second kappa shape index (κ2) is 7.45. The van der Waals surface area contributed by atoms with Crippen LogP contribution >= 0.6 is 0 Å². The van der Waals surface area contributed by atoms with Crippen LogP contribution in [0.4, 0.5) is 13.2 Å². The van der Waals surface area contributed by atoms with Crippen molar-refractivity contribution in [3.05, 3.63) is 41.8 Å². The highest BCUT2D eigenvalue weighted by atomic mass is 19.4. The number of ether oxygens (including phenoxy) is 2. The van der Waals surface area contributed by atoms with Crippen molar-refractivity contribution >= 4 is 5.91 Å². The van der Waals surface area contributed by atoms with Crippen LogP contribution in [0.2, 0.25) is 0 Å². The van der Waals surface area contributed by atoms with Gasteiger partial charge in [0.1, 0.15) is 6.26 Å². The third-order valence-corrected chi connectivity index (χ3v) is 3.15. The molecule has 0 aliphatic carbocycles. The first-order chi connectivity index (χ1) is 11.3. The SMILES string of the molecule is COC(CNC(=O)c1coc(-c2ccc(C(F)(F)F)cc2)n1)OC. The molecule has 0 aliphatic heterocycles. The molecule has 0 fully saturated rings. The molecule has 0 saturated heterocycles. The molecular formula is C15H15F3N2O4. The van der Waals surface area contributed by atoms with Crippen LogP contribution in [-0.4, -0.2) is 37.9 Å². The standard InChI is InChI=1S/C15H15F3N2O4/c1-22-12(23-2)7-19-13(21)11-8-24-14(20-11)9-3-5-10(6-4-9)15(16,17)18/h3-6,8,12H,7H2,1-2H3,(H,19,21). The number of nitrogens with zero attached hydrogens (tertiary/aromatic N) is 1. The molecule has 0 bridgehead atoms. The van der Waals surface area contributed by atoms with Gasteiger partial charge in [-0.05, 0) is 24.3 Å². The lowest BCUT2D eigenvalue weighted by atomic mass is 10.1. The van der Waals surface area contributed by atoms with E-state index in [-0.39, 0.29) is 18.1 Å². The van der Waals surface area contributed by atoms with Gasteiger partial charge in [-0.2, -0.15) is 13.2 Å². The predicted molar refractivity (Wildman–Crippen MR) is 77.1 cm³/mol. The summed E-state index contributed by atoms with van der Waals surface area (Å²) in [6, 6.07) is 4.28. The number of nitrogens with one attached hydrogen (secondary N) is 1. The first-order valence-corrected chi connectivity index (χ1v) is 6.82. The Balaban J connectivity index is 2.06. The van der Waals surface area contributed by atoms with Crippen LogP contribution in [0.3, 0.4) is 0 Å². The number of aromatic nitrogens is 1. The van der Waals surface area contributed by atoms with E-state index < -0.39 is 23.9 Å². The molecule has 1 N–H and O–H groups in total. The van der Waals surface area contributed by atoms with Gasteiger partial charge >= 0.3 is 6.18 Å². The number of rotatable bonds is 6. The Morgan fingerprint density at radius 1 is 1.25 bits per heavy atom. The predicted octanol–water partition coefficient (Wildman–Crippen LogP) is 2.71. The molecule has 0 radical (unpaired) electrons. The molecule has 1 aromatic carbocycles. The van der Waals surface area contributed by atoms with Gasteiger partial charge in [0, 0.05) is 19.8 Å². The number of amides is 1. The van der Waals surface area contributed by atoms with E-state index in [4.69, 9.17) is 13.9 Å². The summed E-state index contributed by atoms with van der Waals surface area (Å²) in [5.74, 6) is -0.472. The quantitative estimate of drug-likeness (QED) is 0.816. The van der Waals surface area contributed by atoms with Crippen LogP contribution in [-0.2, 0) is 15.7 Å². The van der Waals surface area contributed by atoms with Crippen molar-refractivity contribution in [3.8, 4) is 11.5 Å². The second-order valence-electron chi connectivity index (χ2n) is 4.72. The summed E-state index contributed by atoms with van der Waals surface area (Å²) in [4.78, 5) is 15.9. The average molecular weight is 344 g/mol. The zero-order chi connectivity index (χ0) is 17.7. The van der Waals surface area contributed by atoms with E-state index in [0.29, 0.717) is 5.56 Å². The van der Waals surface area contributed by atoms with E-state index in [1.165, 1.54) is 26.4 Å². The topological polar surface area (TPSA) is 73.6 Å². The minimum Gasteiger partial charge on any atom is -0.444 e. The number of oxazole rings is 1. The number of methoxy groups -OCH3 is 2. The molecular weight excluding hydrogens is 329 g/mol. The Bertz CT molecular complexity index is 679. The van der Waals surface area contributed by atoms with Crippen molar-refractivity contribution in [3.63, 3.8) is 0 Å². The molecule has 0 aliphatic rings. The van der Waals surface area contributed by atoms with E-state index in [0.717, 1.165) is 18.4 Å². The van der Waals surface area contributed by atoms with Crippen LogP contribution < -0.4 is 5.32 Å². The number of alkyl halides is 3. The van der Waals surface area contributed by atoms with Crippen molar-refractivity contribution in [2.45, 2.75) is 12.5 Å². The average Bonchev–Trinajstić information content (AvgIpc) is 3.05. The van der Waals surface area contributed by atoms with E-state index in [1.54, 1.807) is 0 Å². The molecule has 24 heavy (non-hydrogen) atoms. The maximum Gasteiger partial charge on any atom is 0.416 e. The maximum atomic E-state index is 12.5. The fraction of sp³-hybridized carbons (Fsp3) is 0.333. The molecule has 1 heterocycles. The number of halogens is 3. The molecule has 0 spiro atoms. The lowest BCUT2D eigenvalue weighted by molar-refractivity contribution is -0.137. The van der Waals surface area contributed by atoms with Gasteiger partial charge in [0.15, 0.2) is 12.0 Å². The van der Waals surface area contributed by atoms with E-state index in [9.17, 15) is 18.0 Å². The summed E-state index contributed by atoms with van der Waals surface area (Å²) in [6.45, 7) is 0.105. The highest BCUT2D eigenvalue weighted by Crippen LogP contribution is 2.30. The monoisotopic (exact) mass is 344 g/mol. The summed E-state index contributed by atoms with van der Waals surface area (Å²) < 4.78 is 52.6. The number of carbonyl (C=O) groups is 1. The van der Waals surface area contributed by atoms with Crippen molar-refractivity contribution < 1.29 is 31.9 Å². The van der Waals surface area contributed by atoms with E-state index >= 15 is 0 Å². The molecule has 0 atom stereocenters. The lowest BCUT2D eigenvalue weighted by Gasteiger charge is -2.13. The van der Waals surface area contributed by atoms with Gasteiger partial charge in [0.2, 0.25) is 5.89 Å². The number of carbonyl (C=O) groups excluding carboxylic acids is 1. The van der Waals surface area contributed by atoms with Crippen molar-refractivity contribution in [1.82, 2.24) is 10.3 Å². The van der Waals surface area contributed by atoms with Gasteiger partial charge in [0.05, 0.1) is 12.1 Å². The van der Waals surface area contributed by atoms with E-state index in [1.807, 2.05) is 0 Å². The smallest absolute Gasteiger partial charge is 0.416 e. The third kappa shape index (κ3) is 4.33. The molecule has 2 rings (SSSR count). The first kappa shape index (κ1) is 18.0. The number of hydrogen-bond donors (Lipinski definition) is 1. The zero-order valence-electron chi connectivity index (χ0n) is 12.9. The van der Waals surface area contributed by atoms with E-state index in [2.05, 4.69) is 10.3 Å². The minimum absolute atomic E-state index is 0.00384. The Morgan fingerprint density at radius 2 is 1.88 bits per heavy atom. The highest BCUT2D eigenvalue weighted by molar-refractivity contribution is 5.92. The van der Waals surface area contributed by atoms with Crippen LogP contribution in [0.25, 0.3) is 11.5 Å². The number of benzene rings is 1. The minimum atomic E-state index is -4.42. The Kier molecular flexibility index (Phi) is 5.58.